The molecule has 0 bridgehead atoms. The first kappa shape index (κ1) is 30.7. The van der Waals surface area contributed by atoms with E-state index in [1.54, 1.807) is 31.2 Å². The Hall–Kier alpha value is -2.50. The van der Waals surface area contributed by atoms with Crippen molar-refractivity contribution in [1.82, 2.24) is 10.2 Å². The number of alkyl halides is 3. The predicted molar refractivity (Wildman–Crippen MR) is 138 cm³/mol. The van der Waals surface area contributed by atoms with Crippen LogP contribution in [-0.4, -0.2) is 50.5 Å². The lowest BCUT2D eigenvalue weighted by Gasteiger charge is -2.33. The highest BCUT2D eigenvalue weighted by atomic mass is 35.5. The Balaban J connectivity index is 2.54. The maximum absolute atomic E-state index is 13.6. The Morgan fingerprint density at radius 3 is 2.24 bits per heavy atom. The van der Waals surface area contributed by atoms with E-state index in [4.69, 9.17) is 23.2 Å². The Morgan fingerprint density at radius 1 is 1.05 bits per heavy atom. The van der Waals surface area contributed by atoms with E-state index in [2.05, 4.69) is 5.32 Å². The van der Waals surface area contributed by atoms with Crippen LogP contribution in [0.1, 0.15) is 37.8 Å². The smallest absolute Gasteiger partial charge is 0.354 e. The van der Waals surface area contributed by atoms with E-state index < -0.39 is 51.9 Å². The number of carbonyl (C=O) groups excluding carboxylic acids is 2. The average Bonchev–Trinajstić information content (AvgIpc) is 2.81. The van der Waals surface area contributed by atoms with Gasteiger partial charge < -0.3 is 10.2 Å². The van der Waals surface area contributed by atoms with Crippen LogP contribution in [0, 0.1) is 0 Å². The molecule has 0 saturated carbocycles. The molecule has 0 spiro atoms. The zero-order valence-electron chi connectivity index (χ0n) is 20.5. The molecule has 0 unspecified atom stereocenters. The number of nitrogens with zero attached hydrogens (tertiary/aromatic N) is 2. The van der Waals surface area contributed by atoms with Crippen LogP contribution in [0.3, 0.4) is 0 Å². The molecule has 13 heteroatoms. The molecule has 0 radical (unpaired) electrons. The van der Waals surface area contributed by atoms with Crippen molar-refractivity contribution in [1.29, 1.82) is 0 Å². The van der Waals surface area contributed by atoms with Crippen molar-refractivity contribution in [2.24, 2.45) is 0 Å². The standard InChI is InChI=1S/C24H28Cl2F3N3O4S/c1-4-12-30-23(34)20(5-2)31(14-16-8-6-7-9-18(16)25)22(33)15-32(37(3,35)36)21-13-17(24(27,28)29)10-11-19(21)26/h6-11,13,20H,4-5,12,14-15H2,1-3H3,(H,30,34)/t20-/m1/s1. The molecule has 0 fully saturated rings. The predicted octanol–water partition coefficient (Wildman–Crippen LogP) is 5.11. The number of benzene rings is 2. The first-order valence-corrected chi connectivity index (χ1v) is 14.0. The maximum Gasteiger partial charge on any atom is 0.416 e. The molecule has 2 aromatic rings. The van der Waals surface area contributed by atoms with E-state index in [0.717, 1.165) is 12.3 Å². The van der Waals surface area contributed by atoms with Gasteiger partial charge in [-0.15, -0.1) is 0 Å². The number of halogens is 5. The summed E-state index contributed by atoms with van der Waals surface area (Å²) in [6.07, 6.45) is -3.18. The summed E-state index contributed by atoms with van der Waals surface area (Å²) in [6, 6.07) is 7.83. The summed E-state index contributed by atoms with van der Waals surface area (Å²) in [7, 11) is -4.27. The Morgan fingerprint density at radius 2 is 1.70 bits per heavy atom. The maximum atomic E-state index is 13.6. The van der Waals surface area contributed by atoms with Crippen LogP contribution in [0.25, 0.3) is 0 Å². The van der Waals surface area contributed by atoms with Gasteiger partial charge in [0.15, 0.2) is 0 Å². The van der Waals surface area contributed by atoms with E-state index in [1.165, 1.54) is 4.90 Å². The first-order chi connectivity index (χ1) is 17.2. The number of anilines is 1. The topological polar surface area (TPSA) is 86.8 Å². The van der Waals surface area contributed by atoms with Gasteiger partial charge in [-0.25, -0.2) is 8.42 Å². The second-order valence-corrected chi connectivity index (χ2v) is 11.0. The van der Waals surface area contributed by atoms with Gasteiger partial charge in [0.2, 0.25) is 21.8 Å². The Kier molecular flexibility index (Phi) is 10.7. The molecular weight excluding hydrogens is 554 g/mol. The second kappa shape index (κ2) is 12.8. The van der Waals surface area contributed by atoms with E-state index in [1.807, 2.05) is 6.92 Å². The van der Waals surface area contributed by atoms with E-state index in [-0.39, 0.29) is 18.0 Å². The van der Waals surface area contributed by atoms with Crippen molar-refractivity contribution < 1.29 is 31.2 Å². The SMILES string of the molecule is CCCNC(=O)[C@@H](CC)N(Cc1ccccc1Cl)C(=O)CN(c1cc(C(F)(F)F)ccc1Cl)S(C)(=O)=O. The molecule has 1 N–H and O–H groups in total. The highest BCUT2D eigenvalue weighted by Crippen LogP contribution is 2.36. The minimum absolute atomic E-state index is 0.134. The van der Waals surface area contributed by atoms with Crippen molar-refractivity contribution in [3.8, 4) is 0 Å². The van der Waals surface area contributed by atoms with E-state index in [9.17, 15) is 31.2 Å². The third-order valence-corrected chi connectivity index (χ3v) is 7.27. The van der Waals surface area contributed by atoms with Gasteiger partial charge in [0.25, 0.3) is 0 Å². The molecule has 37 heavy (non-hydrogen) atoms. The third kappa shape index (κ3) is 8.24. The summed E-state index contributed by atoms with van der Waals surface area (Å²) in [5.74, 6) is -1.27. The van der Waals surface area contributed by atoms with Crippen molar-refractivity contribution in [3.63, 3.8) is 0 Å². The van der Waals surface area contributed by atoms with Gasteiger partial charge >= 0.3 is 6.18 Å². The molecule has 0 heterocycles. The lowest BCUT2D eigenvalue weighted by Crippen LogP contribution is -2.52. The molecule has 2 amide bonds. The van der Waals surface area contributed by atoms with Crippen LogP contribution in [0.2, 0.25) is 10.0 Å². The molecule has 0 saturated heterocycles. The highest BCUT2D eigenvalue weighted by Gasteiger charge is 2.35. The third-order valence-electron chi connectivity index (χ3n) is 5.46. The Bertz CT molecular complexity index is 1230. The summed E-state index contributed by atoms with van der Waals surface area (Å²) in [5.41, 5.74) is -1.14. The van der Waals surface area contributed by atoms with Crippen LogP contribution in [-0.2, 0) is 32.3 Å². The van der Waals surface area contributed by atoms with Crippen molar-refractivity contribution in [2.45, 2.75) is 45.5 Å². The van der Waals surface area contributed by atoms with Gasteiger partial charge in [-0.05, 0) is 42.7 Å². The molecule has 0 aliphatic carbocycles. The van der Waals surface area contributed by atoms with Crippen LogP contribution < -0.4 is 9.62 Å². The fraction of sp³-hybridized carbons (Fsp3) is 0.417. The monoisotopic (exact) mass is 581 g/mol. The van der Waals surface area contributed by atoms with Gasteiger partial charge in [-0.3, -0.25) is 13.9 Å². The molecule has 0 aromatic heterocycles. The summed E-state index contributed by atoms with van der Waals surface area (Å²) in [6.45, 7) is 2.88. The van der Waals surface area contributed by atoms with Gasteiger partial charge in [0, 0.05) is 18.1 Å². The molecular formula is C24H28Cl2F3N3O4S. The molecule has 0 aliphatic rings. The largest absolute Gasteiger partial charge is 0.416 e. The first-order valence-electron chi connectivity index (χ1n) is 11.4. The summed E-state index contributed by atoms with van der Waals surface area (Å²) >= 11 is 12.3. The van der Waals surface area contributed by atoms with Gasteiger partial charge in [-0.2, -0.15) is 13.2 Å². The van der Waals surface area contributed by atoms with Crippen molar-refractivity contribution in [3.05, 3.63) is 63.6 Å². The number of amides is 2. The van der Waals surface area contributed by atoms with E-state index >= 15 is 0 Å². The zero-order valence-corrected chi connectivity index (χ0v) is 22.8. The van der Waals surface area contributed by atoms with Gasteiger partial charge in [0.05, 0.1) is 22.5 Å². The Labute approximate surface area is 224 Å². The molecule has 2 aromatic carbocycles. The highest BCUT2D eigenvalue weighted by molar-refractivity contribution is 7.92. The molecule has 204 valence electrons. The number of carbonyl (C=O) groups is 2. The minimum Gasteiger partial charge on any atom is -0.354 e. The minimum atomic E-state index is -4.77. The van der Waals surface area contributed by atoms with Crippen LogP contribution >= 0.6 is 23.2 Å². The molecule has 1 atom stereocenters. The van der Waals surface area contributed by atoms with Gasteiger partial charge in [0.1, 0.15) is 12.6 Å². The fourth-order valence-electron chi connectivity index (χ4n) is 3.57. The summed E-state index contributed by atoms with van der Waals surface area (Å²) in [4.78, 5) is 27.7. The van der Waals surface area contributed by atoms with Crippen molar-refractivity contribution in [2.75, 3.05) is 23.7 Å². The molecule has 0 aliphatic heterocycles. The van der Waals surface area contributed by atoms with Crippen molar-refractivity contribution >= 4 is 50.7 Å². The fourth-order valence-corrected chi connectivity index (χ4v) is 4.89. The quantitative estimate of drug-likeness (QED) is 0.399. The zero-order chi connectivity index (χ0) is 28.0. The molecule has 7 nitrogen and oxygen atoms in total. The molecule has 2 rings (SSSR count). The lowest BCUT2D eigenvalue weighted by atomic mass is 10.1. The second-order valence-electron chi connectivity index (χ2n) is 8.26. The number of rotatable bonds is 11. The lowest BCUT2D eigenvalue weighted by molar-refractivity contribution is -0.140. The van der Waals surface area contributed by atoms with Gasteiger partial charge in [-0.1, -0.05) is 55.2 Å². The number of sulfonamides is 1. The number of hydrogen-bond donors (Lipinski definition) is 1. The van der Waals surface area contributed by atoms with Crippen LogP contribution in [0.4, 0.5) is 18.9 Å². The summed E-state index contributed by atoms with van der Waals surface area (Å²) < 4.78 is 65.8. The average molecular weight is 582 g/mol. The summed E-state index contributed by atoms with van der Waals surface area (Å²) in [5, 5.41) is 2.75. The van der Waals surface area contributed by atoms with Crippen LogP contribution in [0.5, 0.6) is 0 Å². The number of nitrogens with one attached hydrogen (secondary N) is 1. The number of hydrogen-bond acceptors (Lipinski definition) is 4. The van der Waals surface area contributed by atoms with E-state index in [0.29, 0.717) is 40.0 Å². The normalized spacial score (nSPS) is 12.6. The van der Waals surface area contributed by atoms with Crippen LogP contribution in [0.15, 0.2) is 42.5 Å².